The summed E-state index contributed by atoms with van der Waals surface area (Å²) >= 11 is 5.43. The lowest BCUT2D eigenvalue weighted by Gasteiger charge is -2.26. The van der Waals surface area contributed by atoms with E-state index >= 15 is 0 Å². The first-order valence-corrected chi connectivity index (χ1v) is 10.9. The topological polar surface area (TPSA) is 68.5 Å². The second-order valence-corrected chi connectivity index (χ2v) is 7.75. The fourth-order valence-corrected chi connectivity index (χ4v) is 3.77. The van der Waals surface area contributed by atoms with Gasteiger partial charge < -0.3 is 13.9 Å². The van der Waals surface area contributed by atoms with Gasteiger partial charge in [0.15, 0.2) is 16.4 Å². The molecule has 0 aliphatic carbocycles. The van der Waals surface area contributed by atoms with Gasteiger partial charge in [0.1, 0.15) is 18.1 Å². The number of nitrogens with zero attached hydrogens (tertiary/aromatic N) is 3. The van der Waals surface area contributed by atoms with Gasteiger partial charge in [-0.25, -0.2) is 0 Å². The molecule has 160 valence electrons. The monoisotopic (exact) mass is 428 g/mol. The molecule has 0 unspecified atom stereocenters. The Morgan fingerprint density at radius 2 is 1.90 bits per heavy atom. The predicted octanol–water partition coefficient (Wildman–Crippen LogP) is 4.06. The second-order valence-electron chi connectivity index (χ2n) is 7.36. The molecular weight excluding hydrogens is 400 g/mol. The standard InChI is InChI=1S/C22H28N4O3S/c1-2-17-4-6-18(7-5-17)28-16-19-8-9-20(29-19)21-23-24-22(30)26(21)11-3-10-25-12-14-27-15-13-25/h4-9H,2-3,10-16H2,1H3,(H,24,30). The highest BCUT2D eigenvalue weighted by molar-refractivity contribution is 7.71. The van der Waals surface area contributed by atoms with Gasteiger partial charge in [-0.3, -0.25) is 14.6 Å². The quantitative estimate of drug-likeness (QED) is 0.518. The zero-order chi connectivity index (χ0) is 20.8. The minimum atomic E-state index is 0.369. The van der Waals surface area contributed by atoms with Crippen molar-refractivity contribution < 1.29 is 13.9 Å². The molecule has 3 aromatic rings. The minimum absolute atomic E-state index is 0.369. The Balaban J connectivity index is 1.36. The number of ether oxygens (including phenoxy) is 2. The lowest BCUT2D eigenvalue weighted by molar-refractivity contribution is 0.0369. The van der Waals surface area contributed by atoms with E-state index in [4.69, 9.17) is 26.1 Å². The van der Waals surface area contributed by atoms with Crippen LogP contribution in [0.4, 0.5) is 0 Å². The third-order valence-electron chi connectivity index (χ3n) is 5.31. The van der Waals surface area contributed by atoms with Crippen molar-refractivity contribution in [3.05, 3.63) is 52.5 Å². The molecule has 1 fully saturated rings. The van der Waals surface area contributed by atoms with Crippen molar-refractivity contribution in [2.75, 3.05) is 32.8 Å². The summed E-state index contributed by atoms with van der Waals surface area (Å²) in [5, 5.41) is 7.27. The van der Waals surface area contributed by atoms with Crippen LogP contribution >= 0.6 is 12.2 Å². The lowest BCUT2D eigenvalue weighted by atomic mass is 10.2. The van der Waals surface area contributed by atoms with E-state index in [1.54, 1.807) is 0 Å². The molecule has 0 atom stereocenters. The van der Waals surface area contributed by atoms with E-state index in [1.807, 2.05) is 28.8 Å². The molecule has 0 radical (unpaired) electrons. The Hall–Kier alpha value is -2.42. The molecular formula is C22H28N4O3S. The van der Waals surface area contributed by atoms with Crippen molar-refractivity contribution in [3.63, 3.8) is 0 Å². The highest BCUT2D eigenvalue weighted by Gasteiger charge is 2.15. The lowest BCUT2D eigenvalue weighted by Crippen LogP contribution is -2.37. The molecule has 0 spiro atoms. The molecule has 7 nitrogen and oxygen atoms in total. The number of rotatable bonds is 9. The van der Waals surface area contributed by atoms with Gasteiger partial charge in [0.05, 0.1) is 13.2 Å². The Bertz CT molecular complexity index is 986. The van der Waals surface area contributed by atoms with E-state index in [-0.39, 0.29) is 0 Å². The van der Waals surface area contributed by atoms with E-state index in [9.17, 15) is 0 Å². The Labute approximate surface area is 181 Å². The van der Waals surface area contributed by atoms with E-state index in [0.29, 0.717) is 17.1 Å². The van der Waals surface area contributed by atoms with E-state index in [2.05, 4.69) is 34.2 Å². The number of H-pyrrole nitrogens is 1. The van der Waals surface area contributed by atoms with Crippen LogP contribution in [0.1, 0.15) is 24.7 Å². The van der Waals surface area contributed by atoms with Gasteiger partial charge in [0.2, 0.25) is 0 Å². The van der Waals surface area contributed by atoms with Crippen LogP contribution in [0.5, 0.6) is 5.75 Å². The zero-order valence-corrected chi connectivity index (χ0v) is 18.1. The highest BCUT2D eigenvalue weighted by Crippen LogP contribution is 2.22. The largest absolute Gasteiger partial charge is 0.486 e. The fraction of sp³-hybridized carbons (Fsp3) is 0.455. The van der Waals surface area contributed by atoms with Crippen LogP contribution in [0.15, 0.2) is 40.8 Å². The fourth-order valence-electron chi connectivity index (χ4n) is 3.54. The molecule has 1 aromatic carbocycles. The normalized spacial score (nSPS) is 14.8. The van der Waals surface area contributed by atoms with Crippen LogP contribution in [-0.2, 0) is 24.3 Å². The molecule has 30 heavy (non-hydrogen) atoms. The van der Waals surface area contributed by atoms with Crippen LogP contribution in [0.3, 0.4) is 0 Å². The number of aromatic nitrogens is 3. The van der Waals surface area contributed by atoms with Crippen molar-refractivity contribution in [3.8, 4) is 17.3 Å². The Morgan fingerprint density at radius 1 is 1.10 bits per heavy atom. The summed E-state index contributed by atoms with van der Waals surface area (Å²) < 4.78 is 19.8. The van der Waals surface area contributed by atoms with Gasteiger partial charge in [-0.05, 0) is 54.9 Å². The zero-order valence-electron chi connectivity index (χ0n) is 17.3. The molecule has 4 rings (SSSR count). The number of hydrogen-bond acceptors (Lipinski definition) is 6. The van der Waals surface area contributed by atoms with Gasteiger partial charge in [0.25, 0.3) is 0 Å². The van der Waals surface area contributed by atoms with Gasteiger partial charge in [-0.2, -0.15) is 5.10 Å². The maximum atomic E-state index is 5.99. The van der Waals surface area contributed by atoms with Crippen LogP contribution < -0.4 is 4.74 Å². The van der Waals surface area contributed by atoms with Gasteiger partial charge in [0, 0.05) is 26.2 Å². The van der Waals surface area contributed by atoms with Crippen LogP contribution in [0, 0.1) is 4.77 Å². The van der Waals surface area contributed by atoms with Gasteiger partial charge >= 0.3 is 0 Å². The molecule has 1 aliphatic rings. The number of morpholine rings is 1. The highest BCUT2D eigenvalue weighted by atomic mass is 32.1. The maximum Gasteiger partial charge on any atom is 0.198 e. The first-order valence-electron chi connectivity index (χ1n) is 10.5. The summed E-state index contributed by atoms with van der Waals surface area (Å²) in [6, 6.07) is 12.0. The van der Waals surface area contributed by atoms with Crippen molar-refractivity contribution >= 4 is 12.2 Å². The van der Waals surface area contributed by atoms with Gasteiger partial charge in [-0.15, -0.1) is 0 Å². The SMILES string of the molecule is CCc1ccc(OCc2ccc(-c3n[nH]c(=S)n3CCCN3CCOCC3)o2)cc1. The van der Waals surface area contributed by atoms with E-state index < -0.39 is 0 Å². The predicted molar refractivity (Wildman–Crippen MR) is 117 cm³/mol. The summed E-state index contributed by atoms with van der Waals surface area (Å²) in [7, 11) is 0. The van der Waals surface area contributed by atoms with E-state index in [0.717, 1.165) is 69.6 Å². The third kappa shape index (κ3) is 5.19. The Kier molecular flexibility index (Phi) is 6.99. The number of benzene rings is 1. The summed E-state index contributed by atoms with van der Waals surface area (Å²) in [5.74, 6) is 2.99. The number of aromatic amines is 1. The smallest absolute Gasteiger partial charge is 0.198 e. The molecule has 3 heterocycles. The second kappa shape index (κ2) is 10.1. The van der Waals surface area contributed by atoms with Crippen molar-refractivity contribution in [2.45, 2.75) is 32.9 Å². The van der Waals surface area contributed by atoms with Crippen LogP contribution in [0.2, 0.25) is 0 Å². The van der Waals surface area contributed by atoms with Crippen molar-refractivity contribution in [1.82, 2.24) is 19.7 Å². The molecule has 0 saturated carbocycles. The summed E-state index contributed by atoms with van der Waals surface area (Å²) in [6.07, 6.45) is 2.01. The van der Waals surface area contributed by atoms with Crippen molar-refractivity contribution in [2.24, 2.45) is 0 Å². The molecule has 1 aliphatic heterocycles. The number of furan rings is 1. The maximum absolute atomic E-state index is 5.99. The first-order chi connectivity index (χ1) is 14.7. The summed E-state index contributed by atoms with van der Waals surface area (Å²) in [4.78, 5) is 2.42. The summed E-state index contributed by atoms with van der Waals surface area (Å²) in [6.45, 7) is 7.93. The van der Waals surface area contributed by atoms with Crippen LogP contribution in [-0.4, -0.2) is 52.5 Å². The molecule has 0 bridgehead atoms. The van der Waals surface area contributed by atoms with E-state index in [1.165, 1.54) is 5.56 Å². The van der Waals surface area contributed by atoms with Crippen LogP contribution in [0.25, 0.3) is 11.6 Å². The summed E-state index contributed by atoms with van der Waals surface area (Å²) in [5.41, 5.74) is 1.29. The molecule has 8 heteroatoms. The molecule has 0 amide bonds. The molecule has 2 aromatic heterocycles. The number of nitrogens with one attached hydrogen (secondary N) is 1. The number of hydrogen-bond donors (Lipinski definition) is 1. The molecule has 1 saturated heterocycles. The first kappa shape index (κ1) is 20.8. The Morgan fingerprint density at radius 3 is 2.67 bits per heavy atom. The molecule has 1 N–H and O–H groups in total. The minimum Gasteiger partial charge on any atom is -0.486 e. The van der Waals surface area contributed by atoms with Gasteiger partial charge in [-0.1, -0.05) is 19.1 Å². The average Bonchev–Trinajstić information content (AvgIpc) is 3.40. The van der Waals surface area contributed by atoms with Crippen molar-refractivity contribution in [1.29, 1.82) is 0 Å². The third-order valence-corrected chi connectivity index (χ3v) is 5.62. The average molecular weight is 429 g/mol. The number of aryl methyl sites for hydroxylation is 1.